The highest BCUT2D eigenvalue weighted by Gasteiger charge is 2.20. The number of ether oxygens (including phenoxy) is 1. The molecular weight excluding hydrogens is 959 g/mol. The van der Waals surface area contributed by atoms with Crippen LogP contribution in [0.1, 0.15) is 386 Å². The smallest absolute Gasteiger partial charge is 0.305 e. The summed E-state index contributed by atoms with van der Waals surface area (Å²) in [5.74, 6) is -0.0266. The fourth-order valence-corrected chi connectivity index (χ4v) is 11.0. The third-order valence-electron chi connectivity index (χ3n) is 16.4. The topological polar surface area (TPSA) is 95.9 Å². The van der Waals surface area contributed by atoms with E-state index in [0.29, 0.717) is 25.9 Å². The highest BCUT2D eigenvalue weighted by molar-refractivity contribution is 5.76. The molecule has 0 saturated heterocycles. The Morgan fingerprint density at radius 1 is 0.359 bits per heavy atom. The Bertz CT molecular complexity index is 1260. The molecule has 0 fully saturated rings. The Kier molecular flexibility index (Phi) is 65.9. The van der Waals surface area contributed by atoms with Crippen LogP contribution in [-0.2, 0) is 14.3 Å². The number of aliphatic hydroxyl groups excluding tert-OH is 2. The summed E-state index contributed by atoms with van der Waals surface area (Å²) in [6.07, 6.45) is 86.3. The molecule has 460 valence electrons. The van der Waals surface area contributed by atoms with Crippen molar-refractivity contribution in [2.24, 2.45) is 0 Å². The molecule has 3 N–H and O–H groups in total. The number of unbranched alkanes of at least 4 members (excludes halogenated alkanes) is 49. The van der Waals surface area contributed by atoms with Gasteiger partial charge in [0.25, 0.3) is 0 Å². The molecule has 0 aliphatic heterocycles. The average Bonchev–Trinajstić information content (AvgIpc) is 3.44. The van der Waals surface area contributed by atoms with Crippen molar-refractivity contribution >= 4 is 11.9 Å². The molecule has 6 nitrogen and oxygen atoms in total. The van der Waals surface area contributed by atoms with Crippen molar-refractivity contribution in [2.75, 3.05) is 13.2 Å². The van der Waals surface area contributed by atoms with Gasteiger partial charge in [-0.2, -0.15) is 0 Å². The van der Waals surface area contributed by atoms with E-state index in [2.05, 4.69) is 55.6 Å². The lowest BCUT2D eigenvalue weighted by atomic mass is 10.0. The summed E-state index contributed by atoms with van der Waals surface area (Å²) in [7, 11) is 0. The normalized spacial score (nSPS) is 12.7. The van der Waals surface area contributed by atoms with Crippen molar-refractivity contribution < 1.29 is 24.5 Å². The largest absolute Gasteiger partial charge is 0.466 e. The van der Waals surface area contributed by atoms with Gasteiger partial charge < -0.3 is 20.3 Å². The van der Waals surface area contributed by atoms with E-state index in [9.17, 15) is 19.8 Å². The van der Waals surface area contributed by atoms with Gasteiger partial charge in [0.05, 0.1) is 25.4 Å². The van der Waals surface area contributed by atoms with Gasteiger partial charge in [-0.3, -0.25) is 9.59 Å². The predicted octanol–water partition coefficient (Wildman–Crippen LogP) is 22.7. The maximum atomic E-state index is 12.5. The third-order valence-corrected chi connectivity index (χ3v) is 16.4. The molecule has 0 aromatic heterocycles. The van der Waals surface area contributed by atoms with Crippen molar-refractivity contribution in [1.29, 1.82) is 0 Å². The lowest BCUT2D eigenvalue weighted by Gasteiger charge is -2.22. The lowest BCUT2D eigenvalue weighted by molar-refractivity contribution is -0.143. The van der Waals surface area contributed by atoms with Crippen molar-refractivity contribution in [2.45, 2.75) is 398 Å². The molecule has 0 rings (SSSR count). The molecule has 0 aromatic rings. The molecule has 0 aromatic carbocycles. The zero-order valence-corrected chi connectivity index (χ0v) is 52.7. The maximum absolute atomic E-state index is 12.5. The van der Waals surface area contributed by atoms with E-state index in [1.165, 1.54) is 302 Å². The van der Waals surface area contributed by atoms with Gasteiger partial charge in [-0.05, 0) is 77.0 Å². The average molecular weight is 1100 g/mol. The Morgan fingerprint density at radius 3 is 1.03 bits per heavy atom. The van der Waals surface area contributed by atoms with Crippen LogP contribution in [0.3, 0.4) is 0 Å². The minimum absolute atomic E-state index is 0.00327. The lowest BCUT2D eigenvalue weighted by Crippen LogP contribution is -2.45. The molecule has 0 spiro atoms. The number of hydrogen-bond donors (Lipinski definition) is 3. The molecule has 2 atom stereocenters. The second kappa shape index (κ2) is 67.6. The monoisotopic (exact) mass is 1100 g/mol. The van der Waals surface area contributed by atoms with Crippen LogP contribution >= 0.6 is 0 Å². The van der Waals surface area contributed by atoms with Crippen LogP contribution in [0.4, 0.5) is 0 Å². The van der Waals surface area contributed by atoms with Gasteiger partial charge in [-0.1, -0.05) is 333 Å². The van der Waals surface area contributed by atoms with E-state index >= 15 is 0 Å². The summed E-state index contributed by atoms with van der Waals surface area (Å²) in [6.45, 7) is 4.94. The van der Waals surface area contributed by atoms with E-state index in [-0.39, 0.29) is 18.5 Å². The SMILES string of the molecule is CCCC/C=C\CCCCCCCC(=O)OCCCCCCCCCCC/C=C\C/C=C\CCCCCCCCCCCCCCCCCCCC(=O)NC(CO)C(O)CCCCCCCCCCCCCCCCCCC. The number of rotatable bonds is 66. The van der Waals surface area contributed by atoms with E-state index in [1.54, 1.807) is 0 Å². The Labute approximate surface area is 487 Å². The van der Waals surface area contributed by atoms with Gasteiger partial charge in [0.1, 0.15) is 0 Å². The molecule has 78 heavy (non-hydrogen) atoms. The Hall–Kier alpha value is -1.92. The molecule has 0 heterocycles. The molecule has 0 aliphatic carbocycles. The maximum Gasteiger partial charge on any atom is 0.305 e. The zero-order valence-electron chi connectivity index (χ0n) is 52.7. The number of esters is 1. The van der Waals surface area contributed by atoms with Crippen molar-refractivity contribution in [3.8, 4) is 0 Å². The van der Waals surface area contributed by atoms with E-state index in [0.717, 1.165) is 51.4 Å². The molecule has 2 unspecified atom stereocenters. The summed E-state index contributed by atoms with van der Waals surface area (Å²) in [4.78, 5) is 24.5. The van der Waals surface area contributed by atoms with Gasteiger partial charge in [0.2, 0.25) is 5.91 Å². The van der Waals surface area contributed by atoms with Crippen molar-refractivity contribution in [3.05, 3.63) is 36.5 Å². The number of carbonyl (C=O) groups is 2. The Morgan fingerprint density at radius 2 is 0.654 bits per heavy atom. The molecule has 6 heteroatoms. The number of aliphatic hydroxyl groups is 2. The summed E-state index contributed by atoms with van der Waals surface area (Å²) < 4.78 is 5.46. The van der Waals surface area contributed by atoms with Gasteiger partial charge >= 0.3 is 5.97 Å². The van der Waals surface area contributed by atoms with E-state index < -0.39 is 12.1 Å². The third kappa shape index (κ3) is 63.3. The Balaban J connectivity index is 3.38. The standard InChI is InChI=1S/C72H137NO5/c1-3-5-7-9-11-13-15-16-17-35-38-41-45-48-52-56-60-64-70(75)69(68-74)73-71(76)65-61-57-53-49-46-42-39-36-33-31-29-27-25-23-21-19-18-20-22-24-26-28-30-32-34-37-40-43-47-51-55-59-63-67-78-72(77)66-62-58-54-50-44-14-12-10-8-6-4-2/h10,12,22,24,28,30,69-70,74-75H,3-9,11,13-21,23,25-27,29,31-68H2,1-2H3,(H,73,76)/b12-10-,24-22-,30-28-. The van der Waals surface area contributed by atoms with Crippen LogP contribution in [0.2, 0.25) is 0 Å². The van der Waals surface area contributed by atoms with Crippen LogP contribution in [0.15, 0.2) is 36.5 Å². The van der Waals surface area contributed by atoms with Crippen molar-refractivity contribution in [1.82, 2.24) is 5.32 Å². The van der Waals surface area contributed by atoms with Crippen LogP contribution in [0.25, 0.3) is 0 Å². The predicted molar refractivity (Wildman–Crippen MR) is 343 cm³/mol. The molecule has 0 saturated carbocycles. The zero-order chi connectivity index (χ0) is 56.4. The van der Waals surface area contributed by atoms with Crippen LogP contribution in [-0.4, -0.2) is 47.4 Å². The van der Waals surface area contributed by atoms with Crippen LogP contribution < -0.4 is 5.32 Å². The highest BCUT2D eigenvalue weighted by atomic mass is 16.5. The van der Waals surface area contributed by atoms with Gasteiger partial charge in [-0.15, -0.1) is 0 Å². The summed E-state index contributed by atoms with van der Waals surface area (Å²) in [5, 5.41) is 23.4. The van der Waals surface area contributed by atoms with Gasteiger partial charge in [-0.25, -0.2) is 0 Å². The first-order valence-electron chi connectivity index (χ1n) is 35.2. The number of amides is 1. The number of carbonyl (C=O) groups excluding carboxylic acids is 2. The molecule has 1 amide bonds. The summed E-state index contributed by atoms with van der Waals surface area (Å²) in [6, 6.07) is -0.540. The fourth-order valence-electron chi connectivity index (χ4n) is 11.0. The van der Waals surface area contributed by atoms with Crippen molar-refractivity contribution in [3.63, 3.8) is 0 Å². The number of nitrogens with one attached hydrogen (secondary N) is 1. The van der Waals surface area contributed by atoms with E-state index in [1.807, 2.05) is 0 Å². The minimum atomic E-state index is -0.663. The minimum Gasteiger partial charge on any atom is -0.466 e. The molecule has 0 radical (unpaired) electrons. The second-order valence-electron chi connectivity index (χ2n) is 24.2. The quantitative estimate of drug-likeness (QED) is 0.0320. The molecule has 0 aliphatic rings. The highest BCUT2D eigenvalue weighted by Crippen LogP contribution is 2.19. The first-order chi connectivity index (χ1) is 38.5. The van der Waals surface area contributed by atoms with Gasteiger partial charge in [0, 0.05) is 12.8 Å². The number of allylic oxidation sites excluding steroid dienone is 6. The molecular formula is C72H137NO5. The van der Waals surface area contributed by atoms with Crippen LogP contribution in [0.5, 0.6) is 0 Å². The summed E-state index contributed by atoms with van der Waals surface area (Å²) >= 11 is 0. The molecule has 0 bridgehead atoms. The number of hydrogen-bond acceptors (Lipinski definition) is 5. The first-order valence-corrected chi connectivity index (χ1v) is 35.2. The van der Waals surface area contributed by atoms with E-state index in [4.69, 9.17) is 4.74 Å². The fraction of sp³-hybridized carbons (Fsp3) is 0.889. The van der Waals surface area contributed by atoms with Gasteiger partial charge in [0.15, 0.2) is 0 Å². The van der Waals surface area contributed by atoms with Crippen LogP contribution in [0, 0.1) is 0 Å². The first kappa shape index (κ1) is 76.1. The second-order valence-corrected chi connectivity index (χ2v) is 24.2. The summed E-state index contributed by atoms with van der Waals surface area (Å²) in [5.41, 5.74) is 0.